The Morgan fingerprint density at radius 3 is 2.38 bits per heavy atom. The molecule has 6 rings (SSSR count). The molecule has 32 heavy (non-hydrogen) atoms. The zero-order valence-corrected chi connectivity index (χ0v) is 19.7. The SMILES string of the molecule is CC1(C)[C@@H]2CC[C@]13CS(=O)N[C@@]31C(C(=O)c3ccccc3)=C(c3ccccc3)[C@H](Cl)[C@@]21O. The van der Waals surface area contributed by atoms with E-state index >= 15 is 0 Å². The Morgan fingerprint density at radius 1 is 1.09 bits per heavy atom. The fourth-order valence-corrected chi connectivity index (χ4v) is 10.4. The van der Waals surface area contributed by atoms with Gasteiger partial charge in [-0.1, -0.05) is 74.5 Å². The molecule has 1 aliphatic heterocycles. The highest BCUT2D eigenvalue weighted by Gasteiger charge is 2.89. The third-order valence-electron chi connectivity index (χ3n) is 9.09. The highest BCUT2D eigenvalue weighted by molar-refractivity contribution is 7.83. The third kappa shape index (κ3) is 2.04. The molecule has 0 radical (unpaired) electrons. The number of carbonyl (C=O) groups is 1. The van der Waals surface area contributed by atoms with E-state index in [4.69, 9.17) is 11.6 Å². The number of halogens is 1. The van der Waals surface area contributed by atoms with Crippen molar-refractivity contribution in [1.82, 2.24) is 4.72 Å². The topological polar surface area (TPSA) is 66.4 Å². The molecule has 2 aromatic rings. The standard InChI is InChI=1S/C26H26ClNO3S/c1-23(2)18-13-14-24(23)15-32(31)28-26(24)20(21(29)17-11-7-4-8-12-17)19(22(27)25(18,26)30)16-9-5-3-6-10-16/h3-12,18,22,28,30H,13-15H2,1-2H3/t18-,22-,24-,25-,26-,32?/m0/s1. The summed E-state index contributed by atoms with van der Waals surface area (Å²) in [5, 5.41) is 11.8. The fraction of sp³-hybridized carbons (Fsp3) is 0.423. The quantitative estimate of drug-likeness (QED) is 0.527. The molecule has 1 saturated heterocycles. The normalized spacial score (nSPS) is 41.1. The van der Waals surface area contributed by atoms with Crippen LogP contribution in [0.25, 0.3) is 5.57 Å². The molecule has 0 amide bonds. The Labute approximate surface area is 195 Å². The van der Waals surface area contributed by atoms with Crippen molar-refractivity contribution in [3.8, 4) is 0 Å². The van der Waals surface area contributed by atoms with Crippen molar-refractivity contribution in [2.24, 2.45) is 16.7 Å². The summed E-state index contributed by atoms with van der Waals surface area (Å²) < 4.78 is 16.5. The van der Waals surface area contributed by atoms with Crippen LogP contribution in [0, 0.1) is 16.7 Å². The average molecular weight is 468 g/mol. The predicted molar refractivity (Wildman–Crippen MR) is 127 cm³/mol. The van der Waals surface area contributed by atoms with Crippen LogP contribution in [0.2, 0.25) is 0 Å². The molecule has 3 aliphatic carbocycles. The molecule has 2 spiro atoms. The molecule has 0 aromatic heterocycles. The predicted octanol–water partition coefficient (Wildman–Crippen LogP) is 4.12. The molecular weight excluding hydrogens is 442 g/mol. The van der Waals surface area contributed by atoms with Gasteiger partial charge < -0.3 is 5.11 Å². The summed E-state index contributed by atoms with van der Waals surface area (Å²) in [6.45, 7) is 4.31. The van der Waals surface area contributed by atoms with Crippen molar-refractivity contribution >= 4 is 33.9 Å². The van der Waals surface area contributed by atoms with Gasteiger partial charge in [0.2, 0.25) is 0 Å². The number of benzene rings is 2. The van der Waals surface area contributed by atoms with Crippen molar-refractivity contribution in [2.45, 2.75) is 43.2 Å². The Balaban J connectivity index is 1.72. The Morgan fingerprint density at radius 2 is 1.72 bits per heavy atom. The van der Waals surface area contributed by atoms with Gasteiger partial charge in [-0.05, 0) is 35.3 Å². The lowest BCUT2D eigenvalue weighted by molar-refractivity contribution is -0.0628. The number of alkyl halides is 1. The molecule has 6 atom stereocenters. The maximum Gasteiger partial charge on any atom is 0.191 e. The van der Waals surface area contributed by atoms with Crippen LogP contribution in [0.3, 0.4) is 0 Å². The van der Waals surface area contributed by atoms with E-state index in [1.54, 1.807) is 12.1 Å². The molecule has 2 N–H and O–H groups in total. The number of Topliss-reactive ketones (excluding diaryl/α,β-unsaturated/α-hetero) is 1. The van der Waals surface area contributed by atoms with Crippen LogP contribution in [0.1, 0.15) is 42.6 Å². The second kappa shape index (κ2) is 6.41. The van der Waals surface area contributed by atoms with Gasteiger partial charge in [0.25, 0.3) is 0 Å². The average Bonchev–Trinajstić information content (AvgIpc) is 3.36. The van der Waals surface area contributed by atoms with E-state index in [2.05, 4.69) is 18.6 Å². The summed E-state index contributed by atoms with van der Waals surface area (Å²) in [7, 11) is -1.37. The Bertz CT molecular complexity index is 1200. The molecule has 4 nitrogen and oxygen atoms in total. The number of ketones is 1. The zero-order valence-electron chi connectivity index (χ0n) is 18.1. The minimum Gasteiger partial charge on any atom is -0.385 e. The number of rotatable bonds is 3. The van der Waals surface area contributed by atoms with E-state index in [9.17, 15) is 14.1 Å². The van der Waals surface area contributed by atoms with E-state index in [1.807, 2.05) is 48.5 Å². The summed E-state index contributed by atoms with van der Waals surface area (Å²) >= 11 is 7.21. The van der Waals surface area contributed by atoms with Crippen LogP contribution in [0.5, 0.6) is 0 Å². The minimum absolute atomic E-state index is 0.109. The van der Waals surface area contributed by atoms with Gasteiger partial charge in [-0.15, -0.1) is 11.6 Å². The molecule has 166 valence electrons. The lowest BCUT2D eigenvalue weighted by atomic mass is 9.58. The highest BCUT2D eigenvalue weighted by atomic mass is 35.5. The lowest BCUT2D eigenvalue weighted by Crippen LogP contribution is -2.68. The van der Waals surface area contributed by atoms with Crippen LogP contribution in [-0.2, 0) is 11.0 Å². The summed E-state index contributed by atoms with van der Waals surface area (Å²) in [4.78, 5) is 14.2. The first-order valence-electron chi connectivity index (χ1n) is 11.1. The van der Waals surface area contributed by atoms with Crippen molar-refractivity contribution in [1.29, 1.82) is 0 Å². The summed E-state index contributed by atoms with van der Waals surface area (Å²) in [6, 6.07) is 18.8. The maximum atomic E-state index is 14.2. The van der Waals surface area contributed by atoms with Gasteiger partial charge in [0.1, 0.15) is 5.60 Å². The number of aliphatic hydroxyl groups is 1. The van der Waals surface area contributed by atoms with E-state index in [0.29, 0.717) is 22.5 Å². The van der Waals surface area contributed by atoms with Crippen molar-refractivity contribution in [3.63, 3.8) is 0 Å². The number of hydrogen-bond donors (Lipinski definition) is 2. The molecule has 4 aliphatic rings. The number of nitrogens with one attached hydrogen (secondary N) is 1. The van der Waals surface area contributed by atoms with Gasteiger partial charge in [0, 0.05) is 22.3 Å². The molecule has 1 unspecified atom stereocenters. The molecule has 2 saturated carbocycles. The Kier molecular flexibility index (Phi) is 4.17. The summed E-state index contributed by atoms with van der Waals surface area (Å²) in [5.41, 5.74) is -0.855. The van der Waals surface area contributed by atoms with Gasteiger partial charge in [0.15, 0.2) is 5.78 Å². The smallest absolute Gasteiger partial charge is 0.191 e. The van der Waals surface area contributed by atoms with E-state index in [1.165, 1.54) is 0 Å². The number of carbonyl (C=O) groups excluding carboxylic acids is 1. The van der Waals surface area contributed by atoms with Gasteiger partial charge in [0.05, 0.1) is 21.9 Å². The maximum absolute atomic E-state index is 14.2. The van der Waals surface area contributed by atoms with Gasteiger partial charge in [-0.25, -0.2) is 8.93 Å². The summed E-state index contributed by atoms with van der Waals surface area (Å²) in [5.74, 6) is 0.151. The minimum atomic E-state index is -1.41. The van der Waals surface area contributed by atoms with Crippen LogP contribution in [0.4, 0.5) is 0 Å². The third-order valence-corrected chi connectivity index (χ3v) is 10.9. The second-order valence-corrected chi connectivity index (χ2v) is 11.9. The van der Waals surface area contributed by atoms with E-state index in [-0.39, 0.29) is 17.1 Å². The lowest BCUT2D eigenvalue weighted by Gasteiger charge is -2.49. The van der Waals surface area contributed by atoms with Gasteiger partial charge in [-0.2, -0.15) is 0 Å². The molecule has 1 heterocycles. The first-order valence-corrected chi connectivity index (χ1v) is 12.9. The summed E-state index contributed by atoms with van der Waals surface area (Å²) in [6.07, 6.45) is 1.62. The van der Waals surface area contributed by atoms with Gasteiger partial charge in [-0.3, -0.25) is 4.79 Å². The molecular formula is C26H26ClNO3S. The largest absolute Gasteiger partial charge is 0.385 e. The fourth-order valence-electron chi connectivity index (χ4n) is 7.81. The Hall–Kier alpha value is -1.79. The van der Waals surface area contributed by atoms with Crippen molar-refractivity contribution in [3.05, 3.63) is 77.4 Å². The van der Waals surface area contributed by atoms with Crippen molar-refractivity contribution < 1.29 is 14.1 Å². The highest BCUT2D eigenvalue weighted by Crippen LogP contribution is 2.80. The molecule has 2 aromatic carbocycles. The first-order chi connectivity index (χ1) is 15.2. The first kappa shape index (κ1) is 20.8. The number of hydrogen-bond acceptors (Lipinski definition) is 3. The number of fused-ring (bicyclic) bond motifs is 2. The molecule has 3 fully saturated rings. The van der Waals surface area contributed by atoms with E-state index in [0.717, 1.165) is 18.4 Å². The van der Waals surface area contributed by atoms with Crippen LogP contribution in [-0.4, -0.2) is 37.4 Å². The monoisotopic (exact) mass is 467 g/mol. The molecule has 2 bridgehead atoms. The van der Waals surface area contributed by atoms with Gasteiger partial charge >= 0.3 is 0 Å². The van der Waals surface area contributed by atoms with E-state index < -0.39 is 32.9 Å². The van der Waals surface area contributed by atoms with Crippen LogP contribution in [0.15, 0.2) is 66.2 Å². The van der Waals surface area contributed by atoms with Crippen molar-refractivity contribution in [2.75, 3.05) is 5.75 Å². The zero-order chi connectivity index (χ0) is 22.5. The molecule has 6 heteroatoms. The second-order valence-electron chi connectivity index (χ2n) is 10.3. The van der Waals surface area contributed by atoms with Crippen LogP contribution < -0.4 is 4.72 Å². The van der Waals surface area contributed by atoms with Crippen LogP contribution >= 0.6 is 11.6 Å².